The molecule has 4 rings (SSSR count). The highest BCUT2D eigenvalue weighted by Gasteiger charge is 2.26. The molecule has 7 nitrogen and oxygen atoms in total. The number of aromatic nitrogens is 2. The minimum atomic E-state index is -0.357. The molecule has 27 heavy (non-hydrogen) atoms. The van der Waals surface area contributed by atoms with Gasteiger partial charge in [0.05, 0.1) is 17.8 Å². The van der Waals surface area contributed by atoms with Crippen molar-refractivity contribution in [3.8, 4) is 0 Å². The third-order valence-corrected chi connectivity index (χ3v) is 6.14. The first-order valence-electron chi connectivity index (χ1n) is 8.28. The number of rotatable bonds is 3. The van der Waals surface area contributed by atoms with Crippen LogP contribution in [-0.2, 0) is 13.0 Å². The van der Waals surface area contributed by atoms with Crippen molar-refractivity contribution in [1.82, 2.24) is 15.0 Å². The van der Waals surface area contributed by atoms with Gasteiger partial charge in [0.15, 0.2) is 10.8 Å². The molecule has 0 radical (unpaired) electrons. The van der Waals surface area contributed by atoms with Gasteiger partial charge in [0.1, 0.15) is 5.76 Å². The van der Waals surface area contributed by atoms with Crippen molar-refractivity contribution >= 4 is 50.9 Å². The van der Waals surface area contributed by atoms with Crippen LogP contribution in [0.15, 0.2) is 34.9 Å². The van der Waals surface area contributed by atoms with Gasteiger partial charge in [0, 0.05) is 27.5 Å². The van der Waals surface area contributed by atoms with E-state index in [4.69, 9.17) is 4.52 Å². The molecule has 9 heteroatoms. The molecule has 0 spiro atoms. The van der Waals surface area contributed by atoms with Gasteiger partial charge in [0.2, 0.25) is 0 Å². The second-order valence-corrected chi connectivity index (χ2v) is 8.37. The zero-order chi connectivity index (χ0) is 19.0. The topological polar surface area (TPSA) is 88.3 Å². The van der Waals surface area contributed by atoms with Crippen molar-refractivity contribution in [2.45, 2.75) is 19.9 Å². The third-order valence-electron chi connectivity index (χ3n) is 4.20. The lowest BCUT2D eigenvalue weighted by Gasteiger charge is -2.26. The van der Waals surface area contributed by atoms with E-state index in [0.29, 0.717) is 36.0 Å². The van der Waals surface area contributed by atoms with E-state index in [-0.39, 0.29) is 17.5 Å². The fourth-order valence-corrected chi connectivity index (χ4v) is 4.50. The smallest absolute Gasteiger partial charge is 0.279 e. The molecule has 1 aliphatic rings. The molecule has 1 aromatic carbocycles. The predicted octanol–water partition coefficient (Wildman–Crippen LogP) is 3.49. The molecule has 0 saturated heterocycles. The van der Waals surface area contributed by atoms with Crippen LogP contribution in [0.3, 0.4) is 0 Å². The Kier molecular flexibility index (Phi) is 4.96. The molecule has 0 fully saturated rings. The van der Waals surface area contributed by atoms with Crippen molar-refractivity contribution in [1.29, 1.82) is 0 Å². The standard InChI is InChI=1S/C18H15IN4O3S/c1-10-8-14(22-26-10)16(24)21-18-20-13-6-7-23(9-15(13)27-18)17(25)11-4-2-3-5-12(11)19/h2-5,8H,6-7,9H2,1H3,(H,20,21,24). The Balaban J connectivity index is 1.48. The summed E-state index contributed by atoms with van der Waals surface area (Å²) in [5.41, 5.74) is 1.86. The van der Waals surface area contributed by atoms with E-state index in [1.807, 2.05) is 29.2 Å². The van der Waals surface area contributed by atoms with Crippen LogP contribution in [0.2, 0.25) is 0 Å². The number of aryl methyl sites for hydroxylation is 1. The van der Waals surface area contributed by atoms with Gasteiger partial charge in [-0.1, -0.05) is 28.6 Å². The Bertz CT molecular complexity index is 1030. The van der Waals surface area contributed by atoms with Crippen LogP contribution in [0.4, 0.5) is 5.13 Å². The first kappa shape index (κ1) is 18.1. The first-order valence-corrected chi connectivity index (χ1v) is 10.2. The van der Waals surface area contributed by atoms with Crippen LogP contribution < -0.4 is 5.32 Å². The highest BCUT2D eigenvalue weighted by atomic mass is 127. The number of benzene rings is 1. The van der Waals surface area contributed by atoms with Crippen molar-refractivity contribution in [3.63, 3.8) is 0 Å². The molecule has 0 unspecified atom stereocenters. The fraction of sp³-hybridized carbons (Fsp3) is 0.222. The average Bonchev–Trinajstić information content (AvgIpc) is 3.26. The molecule has 0 aliphatic carbocycles. The Morgan fingerprint density at radius 3 is 2.89 bits per heavy atom. The summed E-state index contributed by atoms with van der Waals surface area (Å²) in [6.07, 6.45) is 0.667. The highest BCUT2D eigenvalue weighted by Crippen LogP contribution is 2.29. The quantitative estimate of drug-likeness (QED) is 0.564. The second-order valence-electron chi connectivity index (χ2n) is 6.12. The zero-order valence-corrected chi connectivity index (χ0v) is 17.3. The number of carbonyl (C=O) groups excluding carboxylic acids is 2. The zero-order valence-electron chi connectivity index (χ0n) is 14.4. The molecular weight excluding hydrogens is 479 g/mol. The van der Waals surface area contributed by atoms with Gasteiger partial charge >= 0.3 is 0 Å². The average molecular weight is 494 g/mol. The fourth-order valence-electron chi connectivity index (χ4n) is 2.86. The summed E-state index contributed by atoms with van der Waals surface area (Å²) in [6, 6.07) is 9.13. The van der Waals surface area contributed by atoms with Crippen LogP contribution in [0.1, 0.15) is 37.2 Å². The molecule has 3 aromatic rings. The van der Waals surface area contributed by atoms with Crippen LogP contribution >= 0.6 is 33.9 Å². The lowest BCUT2D eigenvalue weighted by molar-refractivity contribution is 0.0735. The van der Waals surface area contributed by atoms with Crippen molar-refractivity contribution in [2.24, 2.45) is 0 Å². The third kappa shape index (κ3) is 3.74. The van der Waals surface area contributed by atoms with Crippen molar-refractivity contribution in [2.75, 3.05) is 11.9 Å². The number of fused-ring (bicyclic) bond motifs is 1. The highest BCUT2D eigenvalue weighted by molar-refractivity contribution is 14.1. The Morgan fingerprint density at radius 2 is 2.15 bits per heavy atom. The molecular formula is C18H15IN4O3S. The lowest BCUT2D eigenvalue weighted by Crippen LogP contribution is -2.35. The summed E-state index contributed by atoms with van der Waals surface area (Å²) in [7, 11) is 0. The summed E-state index contributed by atoms with van der Waals surface area (Å²) in [6.45, 7) is 2.83. The van der Waals surface area contributed by atoms with E-state index in [2.05, 4.69) is 38.0 Å². The number of nitrogens with one attached hydrogen (secondary N) is 1. The van der Waals surface area contributed by atoms with E-state index in [9.17, 15) is 9.59 Å². The normalized spacial score (nSPS) is 13.3. The molecule has 2 amide bonds. The molecule has 2 aromatic heterocycles. The Labute approximate surface area is 172 Å². The SMILES string of the molecule is Cc1cc(C(=O)Nc2nc3c(s2)CN(C(=O)c2ccccc2I)CC3)no1. The lowest BCUT2D eigenvalue weighted by atomic mass is 10.1. The molecule has 0 atom stereocenters. The first-order chi connectivity index (χ1) is 13.0. The van der Waals surface area contributed by atoms with Crippen LogP contribution in [0.5, 0.6) is 0 Å². The molecule has 1 N–H and O–H groups in total. The number of carbonyl (C=O) groups is 2. The monoisotopic (exact) mass is 494 g/mol. The van der Waals surface area contributed by atoms with Gasteiger partial charge in [-0.3, -0.25) is 14.9 Å². The van der Waals surface area contributed by atoms with Crippen LogP contribution in [0, 0.1) is 10.5 Å². The molecule has 138 valence electrons. The molecule has 3 heterocycles. The molecule has 0 bridgehead atoms. The maximum Gasteiger partial charge on any atom is 0.279 e. The van der Waals surface area contributed by atoms with E-state index in [1.165, 1.54) is 11.3 Å². The number of halogens is 1. The summed E-state index contributed by atoms with van der Waals surface area (Å²) in [5.74, 6) is 0.232. The van der Waals surface area contributed by atoms with Gasteiger partial charge in [-0.05, 0) is 41.6 Å². The Hall–Kier alpha value is -2.27. The largest absolute Gasteiger partial charge is 0.361 e. The van der Waals surface area contributed by atoms with Gasteiger partial charge in [-0.15, -0.1) is 0 Å². The number of amides is 2. The van der Waals surface area contributed by atoms with Gasteiger partial charge in [-0.25, -0.2) is 4.98 Å². The van der Waals surface area contributed by atoms with Gasteiger partial charge in [-0.2, -0.15) is 0 Å². The summed E-state index contributed by atoms with van der Waals surface area (Å²) >= 11 is 3.57. The summed E-state index contributed by atoms with van der Waals surface area (Å²) in [5, 5.41) is 6.97. The summed E-state index contributed by atoms with van der Waals surface area (Å²) in [4.78, 5) is 32.3. The minimum Gasteiger partial charge on any atom is -0.361 e. The van der Waals surface area contributed by atoms with Crippen molar-refractivity contribution in [3.05, 3.63) is 61.5 Å². The molecule has 0 saturated carbocycles. The molecule has 1 aliphatic heterocycles. The van der Waals surface area contributed by atoms with Crippen molar-refractivity contribution < 1.29 is 14.1 Å². The van der Waals surface area contributed by atoms with Crippen LogP contribution in [0.25, 0.3) is 0 Å². The number of nitrogens with zero attached hydrogens (tertiary/aromatic N) is 3. The number of hydrogen-bond donors (Lipinski definition) is 1. The van der Waals surface area contributed by atoms with E-state index in [0.717, 1.165) is 14.1 Å². The van der Waals surface area contributed by atoms with E-state index < -0.39 is 0 Å². The van der Waals surface area contributed by atoms with Gasteiger partial charge in [0.25, 0.3) is 11.8 Å². The minimum absolute atomic E-state index is 0.0164. The van der Waals surface area contributed by atoms with Gasteiger partial charge < -0.3 is 9.42 Å². The second kappa shape index (κ2) is 7.39. The predicted molar refractivity (Wildman–Crippen MR) is 109 cm³/mol. The van der Waals surface area contributed by atoms with E-state index in [1.54, 1.807) is 13.0 Å². The maximum absolute atomic E-state index is 12.8. The maximum atomic E-state index is 12.8. The number of thiazole rings is 1. The summed E-state index contributed by atoms with van der Waals surface area (Å²) < 4.78 is 5.86. The number of hydrogen-bond acceptors (Lipinski definition) is 6. The number of anilines is 1. The van der Waals surface area contributed by atoms with Crippen LogP contribution in [-0.4, -0.2) is 33.4 Å². The Morgan fingerprint density at radius 1 is 1.33 bits per heavy atom. The van der Waals surface area contributed by atoms with E-state index >= 15 is 0 Å².